The first-order valence-corrected chi connectivity index (χ1v) is 11.6. The zero-order valence-corrected chi connectivity index (χ0v) is 19.9. The Labute approximate surface area is 195 Å². The quantitative estimate of drug-likeness (QED) is 0.351. The van der Waals surface area contributed by atoms with Gasteiger partial charge in [-0.05, 0) is 39.0 Å². The summed E-state index contributed by atoms with van der Waals surface area (Å²) in [5.74, 6) is 1.71. The number of anilines is 1. The van der Waals surface area contributed by atoms with Gasteiger partial charge in [0.15, 0.2) is 0 Å². The number of aromatic nitrogens is 3. The third kappa shape index (κ3) is 4.65. The minimum Gasteiger partial charge on any atom is -0.496 e. The van der Waals surface area contributed by atoms with Crippen LogP contribution in [-0.2, 0) is 6.54 Å². The highest BCUT2D eigenvalue weighted by atomic mass is 32.1. The Morgan fingerprint density at radius 1 is 1.21 bits per heavy atom. The van der Waals surface area contributed by atoms with E-state index in [9.17, 15) is 9.50 Å². The molecule has 0 radical (unpaired) electrons. The highest BCUT2D eigenvalue weighted by Gasteiger charge is 2.17. The molecule has 0 amide bonds. The van der Waals surface area contributed by atoms with Crippen molar-refractivity contribution >= 4 is 28.1 Å². The fourth-order valence-corrected chi connectivity index (χ4v) is 4.87. The lowest BCUT2D eigenvalue weighted by Gasteiger charge is -2.11. The first kappa shape index (κ1) is 23.0. The maximum absolute atomic E-state index is 14.6. The number of nitrogens with one attached hydrogen (secondary N) is 1. The topological polar surface area (TPSA) is 81.4 Å². The lowest BCUT2D eigenvalue weighted by atomic mass is 10.2. The van der Waals surface area contributed by atoms with Crippen molar-refractivity contribution in [1.29, 1.82) is 0 Å². The van der Waals surface area contributed by atoms with Gasteiger partial charge in [-0.25, -0.2) is 14.4 Å². The summed E-state index contributed by atoms with van der Waals surface area (Å²) in [5, 5.41) is 14.1. The lowest BCUT2D eigenvalue weighted by molar-refractivity contribution is 0.196. The summed E-state index contributed by atoms with van der Waals surface area (Å²) >= 11 is 1.45. The largest absolute Gasteiger partial charge is 0.496 e. The van der Waals surface area contributed by atoms with Gasteiger partial charge in [0.1, 0.15) is 29.5 Å². The Morgan fingerprint density at radius 2 is 2.03 bits per heavy atom. The van der Waals surface area contributed by atoms with E-state index < -0.39 is 6.10 Å². The number of hydrogen-bond acceptors (Lipinski definition) is 7. The number of halogens is 1. The molecule has 0 fully saturated rings. The number of thiophene rings is 1. The smallest absolute Gasteiger partial charge is 0.147 e. The van der Waals surface area contributed by atoms with Crippen LogP contribution < -0.4 is 14.8 Å². The number of methoxy groups -OCH3 is 1. The molecule has 7 nitrogen and oxygen atoms in total. The number of benzene rings is 1. The molecule has 1 unspecified atom stereocenters. The molecule has 3 aromatic heterocycles. The molecular formula is C24H27FN4O3S. The summed E-state index contributed by atoms with van der Waals surface area (Å²) in [5.41, 5.74) is 2.22. The number of aliphatic hydroxyl groups is 1. The molecule has 2 N–H and O–H groups in total. The molecule has 3 heterocycles. The standard InChI is InChI=1S/C24H27FN4O3S/c1-5-32-20-12-21(33-24(20)15(3)30)18-11-22(28-13-27-18)26-8-9-29-14(2)10-16-19(31-4)7-6-17(25)23(16)29/h6-7,10-13,15,30H,5,8-9H2,1-4H3,(H,26,27,28). The molecule has 4 aromatic rings. The summed E-state index contributed by atoms with van der Waals surface area (Å²) in [7, 11) is 1.59. The van der Waals surface area contributed by atoms with Crippen molar-refractivity contribution in [2.24, 2.45) is 0 Å². The van der Waals surface area contributed by atoms with Crippen molar-refractivity contribution < 1.29 is 19.0 Å². The first-order chi connectivity index (χ1) is 15.9. The van der Waals surface area contributed by atoms with Crippen LogP contribution in [0.25, 0.3) is 21.5 Å². The van der Waals surface area contributed by atoms with Crippen molar-refractivity contribution in [3.63, 3.8) is 0 Å². The fourth-order valence-electron chi connectivity index (χ4n) is 3.86. The van der Waals surface area contributed by atoms with E-state index in [-0.39, 0.29) is 5.82 Å². The monoisotopic (exact) mass is 470 g/mol. The number of aryl methyl sites for hydroxylation is 1. The Hall–Kier alpha value is -3.17. The molecule has 9 heteroatoms. The van der Waals surface area contributed by atoms with E-state index >= 15 is 0 Å². The second-order valence-electron chi connectivity index (χ2n) is 7.61. The number of hydrogen-bond donors (Lipinski definition) is 2. The second kappa shape index (κ2) is 9.76. The van der Waals surface area contributed by atoms with Gasteiger partial charge in [0, 0.05) is 36.3 Å². The van der Waals surface area contributed by atoms with Crippen molar-refractivity contribution in [2.75, 3.05) is 25.6 Å². The number of ether oxygens (including phenoxy) is 2. The molecular weight excluding hydrogens is 443 g/mol. The van der Waals surface area contributed by atoms with Crippen LogP contribution in [0.1, 0.15) is 30.5 Å². The molecule has 174 valence electrons. The summed E-state index contributed by atoms with van der Waals surface area (Å²) in [6.45, 7) is 7.20. The van der Waals surface area contributed by atoms with Gasteiger partial charge in [0.25, 0.3) is 0 Å². The van der Waals surface area contributed by atoms with Crippen LogP contribution in [0, 0.1) is 12.7 Å². The molecule has 0 bridgehead atoms. The van der Waals surface area contributed by atoms with E-state index in [1.165, 1.54) is 23.7 Å². The Morgan fingerprint density at radius 3 is 2.76 bits per heavy atom. The molecule has 0 saturated carbocycles. The highest BCUT2D eigenvalue weighted by Crippen LogP contribution is 2.39. The van der Waals surface area contributed by atoms with Crippen LogP contribution in [-0.4, -0.2) is 39.9 Å². The van der Waals surface area contributed by atoms with Gasteiger partial charge < -0.3 is 24.5 Å². The maximum Gasteiger partial charge on any atom is 0.147 e. The van der Waals surface area contributed by atoms with Gasteiger partial charge in [0.2, 0.25) is 0 Å². The van der Waals surface area contributed by atoms with Crippen molar-refractivity contribution in [3.8, 4) is 22.1 Å². The molecule has 4 rings (SSSR count). The average molecular weight is 471 g/mol. The lowest BCUT2D eigenvalue weighted by Crippen LogP contribution is -2.12. The third-order valence-electron chi connectivity index (χ3n) is 5.36. The van der Waals surface area contributed by atoms with Crippen LogP contribution >= 0.6 is 11.3 Å². The van der Waals surface area contributed by atoms with Crippen LogP contribution in [0.15, 0.2) is 36.7 Å². The summed E-state index contributed by atoms with van der Waals surface area (Å²) in [6, 6.07) is 8.77. The fraction of sp³-hybridized carbons (Fsp3) is 0.333. The van der Waals surface area contributed by atoms with Crippen LogP contribution in [0.4, 0.5) is 10.2 Å². The Bertz CT molecular complexity index is 1270. The summed E-state index contributed by atoms with van der Waals surface area (Å²) < 4.78 is 27.5. The van der Waals surface area contributed by atoms with Crippen molar-refractivity contribution in [3.05, 3.63) is 53.0 Å². The number of nitrogens with zero attached hydrogens (tertiary/aromatic N) is 3. The van der Waals surface area contributed by atoms with Gasteiger partial charge in [-0.3, -0.25) is 0 Å². The zero-order valence-electron chi connectivity index (χ0n) is 19.1. The highest BCUT2D eigenvalue weighted by molar-refractivity contribution is 7.15. The van der Waals surface area contributed by atoms with Gasteiger partial charge in [-0.2, -0.15) is 0 Å². The summed E-state index contributed by atoms with van der Waals surface area (Å²) in [4.78, 5) is 10.4. The predicted molar refractivity (Wildman–Crippen MR) is 129 cm³/mol. The first-order valence-electron chi connectivity index (χ1n) is 10.8. The minimum absolute atomic E-state index is 0.278. The van der Waals surface area contributed by atoms with E-state index in [0.29, 0.717) is 42.5 Å². The molecule has 0 saturated heterocycles. The molecule has 0 aliphatic carbocycles. The summed E-state index contributed by atoms with van der Waals surface area (Å²) in [6.07, 6.45) is 0.879. The van der Waals surface area contributed by atoms with Gasteiger partial charge in [-0.1, -0.05) is 0 Å². The van der Waals surface area contributed by atoms with Crippen LogP contribution in [0.3, 0.4) is 0 Å². The van der Waals surface area contributed by atoms with Crippen LogP contribution in [0.5, 0.6) is 11.5 Å². The Kier molecular flexibility index (Phi) is 6.80. The number of aliphatic hydroxyl groups excluding tert-OH is 1. The SMILES string of the molecule is CCOc1cc(-c2cc(NCCn3c(C)cc4c(OC)ccc(F)c43)ncn2)sc1C(C)O. The van der Waals surface area contributed by atoms with E-state index in [2.05, 4.69) is 15.3 Å². The predicted octanol–water partition coefficient (Wildman–Crippen LogP) is 5.18. The van der Waals surface area contributed by atoms with Gasteiger partial charge in [-0.15, -0.1) is 11.3 Å². The molecule has 1 aromatic carbocycles. The second-order valence-corrected chi connectivity index (χ2v) is 8.70. The third-order valence-corrected chi connectivity index (χ3v) is 6.67. The van der Waals surface area contributed by atoms with Crippen molar-refractivity contribution in [1.82, 2.24) is 14.5 Å². The normalized spacial score (nSPS) is 12.2. The molecule has 0 aliphatic heterocycles. The van der Waals surface area contributed by atoms with E-state index in [0.717, 1.165) is 26.5 Å². The van der Waals surface area contributed by atoms with Crippen LogP contribution in [0.2, 0.25) is 0 Å². The van der Waals surface area contributed by atoms with E-state index in [1.807, 2.05) is 36.6 Å². The zero-order chi connectivity index (χ0) is 23.5. The van der Waals surface area contributed by atoms with E-state index in [4.69, 9.17) is 9.47 Å². The molecule has 33 heavy (non-hydrogen) atoms. The van der Waals surface area contributed by atoms with Gasteiger partial charge in [0.05, 0.1) is 40.8 Å². The Balaban J connectivity index is 1.52. The molecule has 1 atom stereocenters. The molecule has 0 aliphatic rings. The number of fused-ring (bicyclic) bond motifs is 1. The average Bonchev–Trinajstić information content (AvgIpc) is 3.37. The van der Waals surface area contributed by atoms with Gasteiger partial charge >= 0.3 is 0 Å². The van der Waals surface area contributed by atoms with E-state index in [1.54, 1.807) is 20.1 Å². The number of rotatable bonds is 9. The minimum atomic E-state index is -0.622. The molecule has 0 spiro atoms. The maximum atomic E-state index is 14.6. The van der Waals surface area contributed by atoms with Crippen molar-refractivity contribution in [2.45, 2.75) is 33.4 Å².